The van der Waals surface area contributed by atoms with Gasteiger partial charge in [0.1, 0.15) is 0 Å². The van der Waals surface area contributed by atoms with Crippen molar-refractivity contribution in [2.75, 3.05) is 22.5 Å². The maximum atomic E-state index is 12.4. The van der Waals surface area contributed by atoms with E-state index >= 15 is 0 Å². The second-order valence-corrected chi connectivity index (χ2v) is 8.46. The van der Waals surface area contributed by atoms with Crippen LogP contribution in [0, 0.1) is 0 Å². The Balaban J connectivity index is 1.38. The molecule has 2 heterocycles. The highest BCUT2D eigenvalue weighted by Crippen LogP contribution is 2.35. The Morgan fingerprint density at radius 1 is 1.18 bits per heavy atom. The molecule has 0 radical (unpaired) electrons. The minimum Gasteiger partial charge on any atom is -0.310 e. The van der Waals surface area contributed by atoms with Crippen LogP contribution >= 0.6 is 34.7 Å². The first-order valence-corrected chi connectivity index (χ1v) is 10.9. The average Bonchev–Trinajstić information content (AvgIpc) is 3.16. The Hall–Kier alpha value is -2.35. The summed E-state index contributed by atoms with van der Waals surface area (Å²) in [6.07, 6.45) is 0.209. The van der Waals surface area contributed by atoms with Gasteiger partial charge in [0.25, 0.3) is 0 Å². The number of hydrogen-bond donors (Lipinski definition) is 1. The van der Waals surface area contributed by atoms with Crippen LogP contribution in [-0.4, -0.2) is 29.1 Å². The fourth-order valence-corrected chi connectivity index (χ4v) is 4.68. The van der Waals surface area contributed by atoms with Gasteiger partial charge in [0, 0.05) is 33.8 Å². The number of thiazole rings is 1. The van der Waals surface area contributed by atoms with Gasteiger partial charge in [0.05, 0.1) is 17.1 Å². The maximum absolute atomic E-state index is 12.4. The molecule has 5 nitrogen and oxygen atoms in total. The molecule has 8 heteroatoms. The van der Waals surface area contributed by atoms with E-state index < -0.39 is 0 Å². The summed E-state index contributed by atoms with van der Waals surface area (Å²) < 4.78 is 0. The fourth-order valence-electron chi connectivity index (χ4n) is 2.88. The number of fused-ring (bicyclic) bond motifs is 1. The zero-order chi connectivity index (χ0) is 19.5. The first-order chi connectivity index (χ1) is 13.6. The maximum Gasteiger partial charge on any atom is 0.237 e. The van der Waals surface area contributed by atoms with Gasteiger partial charge in [0.15, 0.2) is 5.13 Å². The van der Waals surface area contributed by atoms with Gasteiger partial charge in [-0.3, -0.25) is 9.59 Å². The van der Waals surface area contributed by atoms with Crippen LogP contribution in [0.15, 0.2) is 58.8 Å². The molecule has 28 heavy (non-hydrogen) atoms. The van der Waals surface area contributed by atoms with Crippen LogP contribution in [0.3, 0.4) is 0 Å². The summed E-state index contributed by atoms with van der Waals surface area (Å²) in [4.78, 5) is 31.8. The summed E-state index contributed by atoms with van der Waals surface area (Å²) in [5, 5.41) is 5.91. The minimum absolute atomic E-state index is 0.0239. The second kappa shape index (κ2) is 8.34. The van der Waals surface area contributed by atoms with Crippen LogP contribution in [-0.2, 0) is 9.59 Å². The number of nitrogens with one attached hydrogen (secondary N) is 1. The highest BCUT2D eigenvalue weighted by molar-refractivity contribution is 8.00. The van der Waals surface area contributed by atoms with Gasteiger partial charge in [-0.05, 0) is 24.3 Å². The van der Waals surface area contributed by atoms with E-state index in [0.29, 0.717) is 22.5 Å². The molecular formula is C20H16ClN3O2S2. The van der Waals surface area contributed by atoms with Crippen LogP contribution in [0.4, 0.5) is 10.8 Å². The van der Waals surface area contributed by atoms with Crippen LogP contribution < -0.4 is 10.2 Å². The second-order valence-electron chi connectivity index (χ2n) is 6.14. The van der Waals surface area contributed by atoms with Crippen LogP contribution in [0.5, 0.6) is 0 Å². The molecule has 0 saturated heterocycles. The normalized spacial score (nSPS) is 13.3. The summed E-state index contributed by atoms with van der Waals surface area (Å²) in [7, 11) is 0. The molecule has 0 bridgehead atoms. The molecular weight excluding hydrogens is 414 g/mol. The zero-order valence-electron chi connectivity index (χ0n) is 14.7. The van der Waals surface area contributed by atoms with Gasteiger partial charge in [0.2, 0.25) is 11.8 Å². The Morgan fingerprint density at radius 3 is 2.79 bits per heavy atom. The van der Waals surface area contributed by atoms with E-state index in [1.807, 2.05) is 41.8 Å². The quantitative estimate of drug-likeness (QED) is 0.624. The number of aromatic nitrogens is 1. The molecule has 0 unspecified atom stereocenters. The predicted octanol–water partition coefficient (Wildman–Crippen LogP) is 4.93. The Bertz CT molecular complexity index is 1020. The van der Waals surface area contributed by atoms with Crippen molar-refractivity contribution in [1.29, 1.82) is 0 Å². The molecule has 2 amide bonds. The first kappa shape index (κ1) is 19.0. The Labute approximate surface area is 175 Å². The van der Waals surface area contributed by atoms with E-state index in [0.717, 1.165) is 21.8 Å². The lowest BCUT2D eigenvalue weighted by atomic mass is 10.2. The van der Waals surface area contributed by atoms with E-state index in [1.165, 1.54) is 23.1 Å². The topological polar surface area (TPSA) is 62.3 Å². The lowest BCUT2D eigenvalue weighted by Crippen LogP contribution is -2.37. The molecule has 0 aliphatic carbocycles. The third kappa shape index (κ3) is 4.22. The summed E-state index contributed by atoms with van der Waals surface area (Å²) >= 11 is 8.81. The van der Waals surface area contributed by atoms with Crippen molar-refractivity contribution in [2.24, 2.45) is 0 Å². The molecule has 1 aliphatic rings. The molecule has 0 fully saturated rings. The number of amides is 2. The zero-order valence-corrected chi connectivity index (χ0v) is 17.1. The van der Waals surface area contributed by atoms with E-state index in [-0.39, 0.29) is 18.2 Å². The molecule has 0 atom stereocenters. The van der Waals surface area contributed by atoms with Gasteiger partial charge in [-0.1, -0.05) is 35.9 Å². The number of rotatable bonds is 5. The smallest absolute Gasteiger partial charge is 0.237 e. The lowest BCUT2D eigenvalue weighted by Gasteiger charge is -2.28. The predicted molar refractivity (Wildman–Crippen MR) is 115 cm³/mol. The number of benzene rings is 2. The highest BCUT2D eigenvalue weighted by Gasteiger charge is 2.24. The number of carbonyl (C=O) groups excluding carboxylic acids is 2. The monoisotopic (exact) mass is 429 g/mol. The molecule has 2 aromatic carbocycles. The highest BCUT2D eigenvalue weighted by atomic mass is 35.5. The van der Waals surface area contributed by atoms with Crippen molar-refractivity contribution >= 4 is 57.3 Å². The molecule has 1 aliphatic heterocycles. The van der Waals surface area contributed by atoms with Crippen molar-refractivity contribution in [3.63, 3.8) is 0 Å². The summed E-state index contributed by atoms with van der Waals surface area (Å²) in [5.74, 6) is 0.256. The van der Waals surface area contributed by atoms with Crippen molar-refractivity contribution in [2.45, 2.75) is 11.3 Å². The van der Waals surface area contributed by atoms with E-state index in [1.54, 1.807) is 17.0 Å². The van der Waals surface area contributed by atoms with E-state index in [4.69, 9.17) is 11.6 Å². The number of hydrogen-bond acceptors (Lipinski definition) is 5. The molecule has 3 aromatic rings. The van der Waals surface area contributed by atoms with Crippen LogP contribution in [0.25, 0.3) is 11.3 Å². The molecule has 0 spiro atoms. The Kier molecular flexibility index (Phi) is 5.66. The van der Waals surface area contributed by atoms with Crippen molar-refractivity contribution in [3.05, 3.63) is 58.9 Å². The summed E-state index contributed by atoms with van der Waals surface area (Å²) in [6, 6.07) is 15.2. The van der Waals surface area contributed by atoms with E-state index in [9.17, 15) is 9.59 Å². The molecule has 142 valence electrons. The molecule has 4 rings (SSSR count). The van der Waals surface area contributed by atoms with Gasteiger partial charge >= 0.3 is 0 Å². The van der Waals surface area contributed by atoms with Crippen LogP contribution in [0.1, 0.15) is 6.42 Å². The first-order valence-electron chi connectivity index (χ1n) is 8.64. The van der Waals surface area contributed by atoms with Crippen LogP contribution in [0.2, 0.25) is 5.02 Å². The molecule has 1 N–H and O–H groups in total. The third-order valence-electron chi connectivity index (χ3n) is 4.26. The number of para-hydroxylation sites is 1. The largest absolute Gasteiger partial charge is 0.310 e. The molecule has 0 saturated carbocycles. The third-order valence-corrected chi connectivity index (χ3v) is 6.32. The minimum atomic E-state index is -0.166. The van der Waals surface area contributed by atoms with Gasteiger partial charge < -0.3 is 10.2 Å². The van der Waals surface area contributed by atoms with Crippen molar-refractivity contribution in [1.82, 2.24) is 4.98 Å². The number of anilines is 2. The number of carbonyl (C=O) groups is 2. The Morgan fingerprint density at radius 2 is 1.96 bits per heavy atom. The number of thioether (sulfide) groups is 1. The van der Waals surface area contributed by atoms with Gasteiger partial charge in [-0.15, -0.1) is 23.1 Å². The lowest BCUT2D eigenvalue weighted by molar-refractivity contribution is -0.117. The standard InChI is InChI=1S/C20H16ClN3O2S2/c21-14-7-5-13(6-8-14)15-11-28-20(22-15)23-18(25)9-10-24-16-3-1-2-4-17(16)27-12-19(24)26/h1-8,11H,9-10,12H2,(H,22,23,25). The van der Waals surface area contributed by atoms with Gasteiger partial charge in [-0.25, -0.2) is 4.98 Å². The molecule has 1 aromatic heterocycles. The van der Waals surface area contributed by atoms with Gasteiger partial charge in [-0.2, -0.15) is 0 Å². The number of nitrogens with zero attached hydrogens (tertiary/aromatic N) is 2. The van der Waals surface area contributed by atoms with Crippen molar-refractivity contribution < 1.29 is 9.59 Å². The van der Waals surface area contributed by atoms with E-state index in [2.05, 4.69) is 10.3 Å². The fraction of sp³-hybridized carbons (Fsp3) is 0.150. The average molecular weight is 430 g/mol. The number of halogens is 1. The summed E-state index contributed by atoms with van der Waals surface area (Å²) in [5.41, 5.74) is 2.60. The summed E-state index contributed by atoms with van der Waals surface area (Å²) in [6.45, 7) is 0.345. The van der Waals surface area contributed by atoms with Crippen molar-refractivity contribution in [3.8, 4) is 11.3 Å². The SMILES string of the molecule is O=C(CCN1C(=O)CSc2ccccc21)Nc1nc(-c2ccc(Cl)cc2)cs1.